The zero-order valence-electron chi connectivity index (χ0n) is 19.6. The van der Waals surface area contributed by atoms with Gasteiger partial charge in [0.15, 0.2) is 5.78 Å². The van der Waals surface area contributed by atoms with E-state index in [1.807, 2.05) is 0 Å². The zero-order valence-corrected chi connectivity index (χ0v) is 19.6. The van der Waals surface area contributed by atoms with Crippen LogP contribution in [0.25, 0.3) is 10.9 Å². The van der Waals surface area contributed by atoms with Gasteiger partial charge in [0.1, 0.15) is 24.2 Å². The summed E-state index contributed by atoms with van der Waals surface area (Å²) >= 11 is 0. The Bertz CT molecular complexity index is 1210. The minimum atomic E-state index is -1.28. The molecule has 0 bridgehead atoms. The maximum Gasteiger partial charge on any atom is 0.271 e. The Morgan fingerprint density at radius 2 is 2.08 bits per heavy atom. The number of aromatic nitrogens is 1. The molecule has 1 aromatic heterocycles. The molecule has 1 aliphatic carbocycles. The molecule has 9 nitrogen and oxygen atoms in total. The lowest BCUT2D eigenvalue weighted by atomic mass is 9.72. The summed E-state index contributed by atoms with van der Waals surface area (Å²) in [6, 6.07) is 3.64. The van der Waals surface area contributed by atoms with Crippen LogP contribution in [0.1, 0.15) is 42.6 Å². The zero-order chi connectivity index (χ0) is 25.4. The molecule has 1 unspecified atom stereocenters. The number of rotatable bonds is 7. The van der Waals surface area contributed by atoms with Crippen molar-refractivity contribution in [3.63, 3.8) is 0 Å². The molecule has 5 rings (SSSR count). The number of aromatic amines is 1. The number of carbonyl (C=O) groups excluding carboxylic acids is 4. The minimum absolute atomic E-state index is 0.0177. The van der Waals surface area contributed by atoms with Gasteiger partial charge in [-0.1, -0.05) is 6.07 Å². The molecule has 36 heavy (non-hydrogen) atoms. The van der Waals surface area contributed by atoms with Crippen molar-refractivity contribution < 1.29 is 32.7 Å². The summed E-state index contributed by atoms with van der Waals surface area (Å²) in [5, 5.41) is 5.56. The Hall–Kier alpha value is -3.34. The Labute approximate surface area is 205 Å². The number of fused-ring (bicyclic) bond motifs is 1. The molecule has 0 radical (unpaired) electrons. The van der Waals surface area contributed by atoms with E-state index in [0.29, 0.717) is 31.3 Å². The van der Waals surface area contributed by atoms with Crippen LogP contribution in [0.5, 0.6) is 0 Å². The van der Waals surface area contributed by atoms with E-state index in [0.717, 1.165) is 6.42 Å². The number of hydrogen-bond acceptors (Lipinski definition) is 5. The van der Waals surface area contributed by atoms with Crippen molar-refractivity contribution >= 4 is 34.4 Å². The van der Waals surface area contributed by atoms with E-state index in [2.05, 4.69) is 15.6 Å². The first-order valence-electron chi connectivity index (χ1n) is 12.2. The first kappa shape index (κ1) is 24.4. The van der Waals surface area contributed by atoms with Gasteiger partial charge in [-0.05, 0) is 50.3 Å². The molecule has 3 N–H and O–H groups in total. The quantitative estimate of drug-likeness (QED) is 0.532. The number of nitrogens with zero attached hydrogens (tertiary/aromatic N) is 1. The molecular weight excluding hydrogens is 474 g/mol. The second-order valence-electron chi connectivity index (χ2n) is 9.73. The number of nitrogens with one attached hydrogen (secondary N) is 3. The van der Waals surface area contributed by atoms with Gasteiger partial charge in [0, 0.05) is 29.9 Å². The third kappa shape index (κ3) is 4.25. The summed E-state index contributed by atoms with van der Waals surface area (Å²) in [7, 11) is 0. The number of morpholine rings is 1. The predicted octanol–water partition coefficient (Wildman–Crippen LogP) is 1.62. The van der Waals surface area contributed by atoms with Gasteiger partial charge in [-0.15, -0.1) is 0 Å². The van der Waals surface area contributed by atoms with Crippen LogP contribution in [0.3, 0.4) is 0 Å². The van der Waals surface area contributed by atoms with Gasteiger partial charge in [0.25, 0.3) is 5.91 Å². The van der Waals surface area contributed by atoms with Gasteiger partial charge in [0.2, 0.25) is 11.8 Å². The van der Waals surface area contributed by atoms with E-state index in [4.69, 9.17) is 4.74 Å². The summed E-state index contributed by atoms with van der Waals surface area (Å²) in [6.07, 6.45) is 2.36. The van der Waals surface area contributed by atoms with Gasteiger partial charge in [-0.2, -0.15) is 0 Å². The van der Waals surface area contributed by atoms with Crippen molar-refractivity contribution in [3.05, 3.63) is 35.8 Å². The Morgan fingerprint density at radius 3 is 2.72 bits per heavy atom. The minimum Gasteiger partial charge on any atom is -0.370 e. The third-order valence-corrected chi connectivity index (χ3v) is 7.60. The molecule has 1 saturated carbocycles. The SMILES string of the molecule is O=C(N[C@@H](C[C@@H]1CCNC1=O)C(=O)CF)C1N(C(=O)c2cc3c(F)cccc3[nH]2)CCOC12CCC2. The molecule has 1 aromatic carbocycles. The molecule has 11 heteroatoms. The fraction of sp³-hybridized carbons (Fsp3) is 0.520. The molecule has 3 atom stereocenters. The number of benzene rings is 1. The van der Waals surface area contributed by atoms with Crippen LogP contribution in [0, 0.1) is 11.7 Å². The van der Waals surface area contributed by atoms with Crippen molar-refractivity contribution in [1.82, 2.24) is 20.5 Å². The van der Waals surface area contributed by atoms with Crippen molar-refractivity contribution in [2.75, 3.05) is 26.4 Å². The second-order valence-corrected chi connectivity index (χ2v) is 9.73. The van der Waals surface area contributed by atoms with Crippen LogP contribution >= 0.6 is 0 Å². The van der Waals surface area contributed by atoms with E-state index in [9.17, 15) is 28.0 Å². The lowest BCUT2D eigenvalue weighted by Gasteiger charge is -2.53. The van der Waals surface area contributed by atoms with Gasteiger partial charge in [-0.25, -0.2) is 8.78 Å². The fourth-order valence-electron chi connectivity index (χ4n) is 5.54. The van der Waals surface area contributed by atoms with Crippen molar-refractivity contribution in [2.24, 2.45) is 5.92 Å². The van der Waals surface area contributed by atoms with E-state index < -0.39 is 53.7 Å². The van der Waals surface area contributed by atoms with E-state index in [1.54, 1.807) is 6.07 Å². The van der Waals surface area contributed by atoms with E-state index in [-0.39, 0.29) is 36.6 Å². The number of amides is 3. The Morgan fingerprint density at radius 1 is 1.28 bits per heavy atom. The number of ketones is 1. The van der Waals surface area contributed by atoms with Crippen LogP contribution in [0.4, 0.5) is 8.78 Å². The lowest BCUT2D eigenvalue weighted by Crippen LogP contribution is -2.69. The highest BCUT2D eigenvalue weighted by Gasteiger charge is 2.55. The average Bonchev–Trinajstić information content (AvgIpc) is 3.48. The van der Waals surface area contributed by atoms with Gasteiger partial charge in [0.05, 0.1) is 18.2 Å². The van der Waals surface area contributed by atoms with Crippen LogP contribution in [-0.4, -0.2) is 77.4 Å². The summed E-state index contributed by atoms with van der Waals surface area (Å²) in [5.74, 6) is -3.17. The normalized spacial score (nSPS) is 23.8. The highest BCUT2D eigenvalue weighted by atomic mass is 19.1. The average molecular weight is 503 g/mol. The number of ether oxygens (including phenoxy) is 1. The summed E-state index contributed by atoms with van der Waals surface area (Å²) < 4.78 is 33.6. The topological polar surface area (TPSA) is 121 Å². The highest BCUT2D eigenvalue weighted by Crippen LogP contribution is 2.43. The summed E-state index contributed by atoms with van der Waals surface area (Å²) in [5.41, 5.74) is -0.332. The smallest absolute Gasteiger partial charge is 0.271 e. The van der Waals surface area contributed by atoms with Crippen molar-refractivity contribution in [2.45, 2.75) is 49.8 Å². The number of H-pyrrole nitrogens is 1. The van der Waals surface area contributed by atoms with Gasteiger partial charge in [-0.3, -0.25) is 19.2 Å². The number of alkyl halides is 1. The molecule has 2 aromatic rings. The van der Waals surface area contributed by atoms with Gasteiger partial charge >= 0.3 is 0 Å². The first-order valence-corrected chi connectivity index (χ1v) is 12.2. The summed E-state index contributed by atoms with van der Waals surface area (Å²) in [4.78, 5) is 55.9. The highest BCUT2D eigenvalue weighted by molar-refractivity contribution is 6.01. The second kappa shape index (κ2) is 9.61. The largest absolute Gasteiger partial charge is 0.370 e. The van der Waals surface area contributed by atoms with Crippen LogP contribution in [0.15, 0.2) is 24.3 Å². The van der Waals surface area contributed by atoms with E-state index in [1.165, 1.54) is 23.1 Å². The monoisotopic (exact) mass is 502 g/mol. The molecule has 2 aliphatic heterocycles. The molecule has 3 heterocycles. The van der Waals surface area contributed by atoms with E-state index >= 15 is 0 Å². The molecule has 192 valence electrons. The Balaban J connectivity index is 1.42. The summed E-state index contributed by atoms with van der Waals surface area (Å²) in [6.45, 7) is -0.488. The lowest BCUT2D eigenvalue weighted by molar-refractivity contribution is -0.184. The van der Waals surface area contributed by atoms with Crippen molar-refractivity contribution in [3.8, 4) is 0 Å². The molecule has 3 amide bonds. The number of Topliss-reactive ketones (excluding diaryl/α,β-unsaturated/α-hetero) is 1. The maximum absolute atomic E-state index is 14.2. The number of halogens is 2. The Kier molecular flexibility index (Phi) is 6.50. The molecule has 3 fully saturated rings. The standard InChI is InChI=1S/C25H28F2N4O5/c26-13-20(32)18(11-14-5-8-28-22(14)33)30-23(34)21-25(6-2-7-25)36-10-9-31(21)24(35)19-12-15-16(27)3-1-4-17(15)29-19/h1,3-4,12,14,18,21,29H,2,5-11,13H2,(H,28,33)(H,30,34)/t14-,18-,21?/m0/s1. The third-order valence-electron chi connectivity index (χ3n) is 7.60. The van der Waals surface area contributed by atoms with Gasteiger partial charge < -0.3 is 25.3 Å². The first-order chi connectivity index (χ1) is 17.3. The van der Waals surface area contributed by atoms with Crippen LogP contribution < -0.4 is 10.6 Å². The molecular formula is C25H28F2N4O5. The maximum atomic E-state index is 14.2. The number of carbonyl (C=O) groups is 4. The van der Waals surface area contributed by atoms with Crippen LogP contribution in [-0.2, 0) is 19.1 Å². The van der Waals surface area contributed by atoms with Crippen LogP contribution in [0.2, 0.25) is 0 Å². The fourth-order valence-corrected chi connectivity index (χ4v) is 5.54. The molecule has 1 spiro atoms. The molecule has 2 saturated heterocycles. The predicted molar refractivity (Wildman–Crippen MR) is 124 cm³/mol. The van der Waals surface area contributed by atoms with Crippen molar-refractivity contribution in [1.29, 1.82) is 0 Å². The number of hydrogen-bond donors (Lipinski definition) is 3. The molecule has 3 aliphatic rings.